The molecule has 1 aromatic heterocycles. The first kappa shape index (κ1) is 22.6. The fourth-order valence-corrected chi connectivity index (χ4v) is 3.13. The molecule has 2 aliphatic heterocycles. The van der Waals surface area contributed by atoms with Gasteiger partial charge >= 0.3 is 12.1 Å². The van der Waals surface area contributed by atoms with Gasteiger partial charge < -0.3 is 10.4 Å². The van der Waals surface area contributed by atoms with Crippen molar-refractivity contribution >= 4 is 11.9 Å². The molecule has 0 spiro atoms. The molecule has 0 aromatic carbocycles. The first-order chi connectivity index (χ1) is 13.6. The zero-order valence-electron chi connectivity index (χ0n) is 15.7. The summed E-state index contributed by atoms with van der Waals surface area (Å²) in [4.78, 5) is 31.6. The van der Waals surface area contributed by atoms with Crippen molar-refractivity contribution in [2.45, 2.75) is 38.4 Å². The molecule has 1 aromatic rings. The van der Waals surface area contributed by atoms with Crippen LogP contribution in [0.25, 0.3) is 0 Å². The number of carbonyl (C=O) groups is 2. The van der Waals surface area contributed by atoms with E-state index < -0.39 is 12.1 Å². The van der Waals surface area contributed by atoms with E-state index in [4.69, 9.17) is 20.0 Å². The maximum atomic E-state index is 12.9. The molecule has 2 aliphatic rings. The van der Waals surface area contributed by atoms with Gasteiger partial charge in [-0.2, -0.15) is 18.4 Å². The van der Waals surface area contributed by atoms with Crippen molar-refractivity contribution in [1.29, 1.82) is 5.26 Å². The molecule has 3 rings (SSSR count). The number of rotatable bonds is 2. The number of pyridine rings is 1. The highest BCUT2D eigenvalue weighted by Gasteiger charge is 2.43. The summed E-state index contributed by atoms with van der Waals surface area (Å²) in [7, 11) is 0. The van der Waals surface area contributed by atoms with Crippen molar-refractivity contribution in [3.63, 3.8) is 0 Å². The normalized spacial score (nSPS) is 20.9. The summed E-state index contributed by atoms with van der Waals surface area (Å²) in [6.45, 7) is 4.23. The van der Waals surface area contributed by atoms with Crippen LogP contribution in [0, 0.1) is 16.7 Å². The Morgan fingerprint density at radius 1 is 1.38 bits per heavy atom. The van der Waals surface area contributed by atoms with E-state index in [0.717, 1.165) is 37.9 Å². The average Bonchev–Trinajstić information content (AvgIpc) is 3.17. The van der Waals surface area contributed by atoms with Gasteiger partial charge in [0, 0.05) is 18.8 Å². The highest BCUT2D eigenvalue weighted by molar-refractivity contribution is 5.82. The number of carboxylic acid groups (broad SMARTS) is 1. The number of amides is 1. The summed E-state index contributed by atoms with van der Waals surface area (Å²) in [5.41, 5.74) is 0.987. The molecule has 0 unspecified atom stereocenters. The van der Waals surface area contributed by atoms with Gasteiger partial charge in [-0.15, -0.1) is 0 Å². The van der Waals surface area contributed by atoms with Crippen LogP contribution >= 0.6 is 0 Å². The molecule has 1 amide bonds. The topological polar surface area (TPSA) is 116 Å². The highest BCUT2D eigenvalue weighted by atomic mass is 19.4. The zero-order valence-corrected chi connectivity index (χ0v) is 15.7. The van der Waals surface area contributed by atoms with Crippen LogP contribution in [-0.4, -0.2) is 52.9 Å². The molecule has 2 saturated heterocycles. The number of carbonyl (C=O) groups excluding carboxylic acids is 1. The summed E-state index contributed by atoms with van der Waals surface area (Å²) >= 11 is 0. The minimum absolute atomic E-state index is 0.0406. The van der Waals surface area contributed by atoms with E-state index >= 15 is 0 Å². The Hall–Kier alpha value is -2.71. The number of hydrogen-bond acceptors (Lipinski definition) is 6. The SMILES string of the molecule is CC1(C(=O)N2OCC[C@H]2c2cncc(C#N)c2)CCNCC1.O=C(O)C(F)(F)F. The lowest BCUT2D eigenvalue weighted by atomic mass is 9.79. The Morgan fingerprint density at radius 2 is 2.00 bits per heavy atom. The van der Waals surface area contributed by atoms with E-state index in [-0.39, 0.29) is 17.4 Å². The van der Waals surface area contributed by atoms with Crippen LogP contribution in [0.1, 0.15) is 43.4 Å². The van der Waals surface area contributed by atoms with E-state index in [1.807, 2.05) is 6.92 Å². The molecule has 2 fully saturated rings. The molecule has 11 heteroatoms. The van der Waals surface area contributed by atoms with E-state index in [0.29, 0.717) is 12.2 Å². The zero-order chi connectivity index (χ0) is 21.7. The van der Waals surface area contributed by atoms with Gasteiger partial charge in [-0.3, -0.25) is 14.6 Å². The smallest absolute Gasteiger partial charge is 0.475 e. The van der Waals surface area contributed by atoms with Crippen LogP contribution in [0.4, 0.5) is 13.2 Å². The number of carboxylic acids is 1. The lowest BCUT2D eigenvalue weighted by Crippen LogP contribution is -2.47. The summed E-state index contributed by atoms with van der Waals surface area (Å²) < 4.78 is 31.7. The van der Waals surface area contributed by atoms with Crippen LogP contribution in [-0.2, 0) is 14.4 Å². The Labute approximate surface area is 165 Å². The van der Waals surface area contributed by atoms with Crippen molar-refractivity contribution in [3.05, 3.63) is 29.6 Å². The second-order valence-corrected chi connectivity index (χ2v) is 7.00. The van der Waals surface area contributed by atoms with Gasteiger partial charge in [-0.1, -0.05) is 6.92 Å². The average molecular weight is 414 g/mol. The van der Waals surface area contributed by atoms with Gasteiger partial charge in [0.15, 0.2) is 0 Å². The van der Waals surface area contributed by atoms with E-state index in [1.165, 1.54) is 11.3 Å². The van der Waals surface area contributed by atoms with Crippen molar-refractivity contribution in [1.82, 2.24) is 15.4 Å². The predicted molar refractivity (Wildman–Crippen MR) is 93.0 cm³/mol. The molecule has 0 radical (unpaired) electrons. The fourth-order valence-electron chi connectivity index (χ4n) is 3.13. The lowest BCUT2D eigenvalue weighted by Gasteiger charge is -2.36. The maximum absolute atomic E-state index is 12.9. The molecule has 8 nitrogen and oxygen atoms in total. The number of nitrogens with zero attached hydrogens (tertiary/aromatic N) is 3. The summed E-state index contributed by atoms with van der Waals surface area (Å²) in [6, 6.07) is 3.73. The van der Waals surface area contributed by atoms with Gasteiger partial charge in [-0.05, 0) is 37.6 Å². The number of alkyl halides is 3. The van der Waals surface area contributed by atoms with Crippen molar-refractivity contribution in [3.8, 4) is 6.07 Å². The number of nitriles is 1. The minimum atomic E-state index is -5.08. The molecule has 29 heavy (non-hydrogen) atoms. The Balaban J connectivity index is 0.000000370. The van der Waals surface area contributed by atoms with Gasteiger partial charge in [0.05, 0.1) is 23.6 Å². The highest BCUT2D eigenvalue weighted by Crippen LogP contribution is 2.37. The Bertz CT molecular complexity index is 788. The number of hydroxylamine groups is 2. The van der Waals surface area contributed by atoms with Crippen LogP contribution in [0.2, 0.25) is 0 Å². The molecular formula is C18H21F3N4O4. The van der Waals surface area contributed by atoms with Crippen molar-refractivity contribution < 1.29 is 32.7 Å². The molecule has 3 heterocycles. The number of piperidine rings is 1. The van der Waals surface area contributed by atoms with E-state index in [2.05, 4.69) is 16.4 Å². The van der Waals surface area contributed by atoms with Crippen LogP contribution < -0.4 is 5.32 Å². The molecule has 0 bridgehead atoms. The van der Waals surface area contributed by atoms with Crippen LogP contribution in [0.15, 0.2) is 18.5 Å². The monoisotopic (exact) mass is 414 g/mol. The van der Waals surface area contributed by atoms with Gasteiger partial charge in [0.1, 0.15) is 6.07 Å². The third-order valence-corrected chi connectivity index (χ3v) is 4.84. The lowest BCUT2D eigenvalue weighted by molar-refractivity contribution is -0.192. The third kappa shape index (κ3) is 5.65. The number of aromatic nitrogens is 1. The first-order valence-corrected chi connectivity index (χ1v) is 8.91. The number of nitrogens with one attached hydrogen (secondary N) is 1. The molecular weight excluding hydrogens is 393 g/mol. The third-order valence-electron chi connectivity index (χ3n) is 4.84. The maximum Gasteiger partial charge on any atom is 0.490 e. The predicted octanol–water partition coefficient (Wildman–Crippen LogP) is 2.18. The Morgan fingerprint density at radius 3 is 2.55 bits per heavy atom. The minimum Gasteiger partial charge on any atom is -0.475 e. The van der Waals surface area contributed by atoms with E-state index in [9.17, 15) is 18.0 Å². The molecule has 158 valence electrons. The van der Waals surface area contributed by atoms with Crippen LogP contribution in [0.5, 0.6) is 0 Å². The summed E-state index contributed by atoms with van der Waals surface area (Å²) in [5.74, 6) is -2.72. The fraction of sp³-hybridized carbons (Fsp3) is 0.556. The van der Waals surface area contributed by atoms with Gasteiger partial charge in [0.25, 0.3) is 5.91 Å². The number of hydrogen-bond donors (Lipinski definition) is 2. The van der Waals surface area contributed by atoms with Crippen LogP contribution in [0.3, 0.4) is 0 Å². The quantitative estimate of drug-likeness (QED) is 0.762. The summed E-state index contributed by atoms with van der Waals surface area (Å²) in [5, 5.41) is 20.9. The first-order valence-electron chi connectivity index (χ1n) is 8.91. The Kier molecular flexibility index (Phi) is 7.16. The molecule has 0 saturated carbocycles. The molecule has 2 N–H and O–H groups in total. The van der Waals surface area contributed by atoms with Crippen molar-refractivity contribution in [2.24, 2.45) is 5.41 Å². The summed E-state index contributed by atoms with van der Waals surface area (Å²) in [6.07, 6.45) is 0.519. The van der Waals surface area contributed by atoms with Crippen molar-refractivity contribution in [2.75, 3.05) is 19.7 Å². The second-order valence-electron chi connectivity index (χ2n) is 7.00. The largest absolute Gasteiger partial charge is 0.490 e. The number of aliphatic carboxylic acids is 1. The molecule has 0 aliphatic carbocycles. The standard InChI is InChI=1S/C16H20N4O2.C2HF3O2/c1-16(3-5-18-6-4-16)15(21)20-14(2-7-22-20)13-8-12(9-17)10-19-11-13;3-2(4,5)1(6)7/h8,10-11,14,18H,2-7H2,1H3;(H,6,7)/t14-;/m0./s1. The molecule has 1 atom stereocenters. The van der Waals surface area contributed by atoms with Gasteiger partial charge in [-0.25, -0.2) is 9.86 Å². The number of halogens is 3. The van der Waals surface area contributed by atoms with Gasteiger partial charge in [0.2, 0.25) is 0 Å². The van der Waals surface area contributed by atoms with E-state index in [1.54, 1.807) is 12.3 Å². The second kappa shape index (κ2) is 9.19.